The van der Waals surface area contributed by atoms with Crippen molar-refractivity contribution >= 4 is 12.0 Å². The number of rotatable bonds is 2. The third-order valence-electron chi connectivity index (χ3n) is 1.91. The van der Waals surface area contributed by atoms with Crippen molar-refractivity contribution in [3.63, 3.8) is 0 Å². The Balaban J connectivity index is 3.18. The lowest BCUT2D eigenvalue weighted by Gasteiger charge is -2.00. The third kappa shape index (κ3) is 2.96. The maximum atomic E-state index is 10.6. The lowest BCUT2D eigenvalue weighted by molar-refractivity contribution is -0.132. The Morgan fingerprint density at radius 2 is 1.87 bits per heavy atom. The fraction of sp³-hybridized carbons (Fsp3) is 0.167. The summed E-state index contributed by atoms with van der Waals surface area (Å²) in [7, 11) is 0. The molecule has 0 saturated heterocycles. The van der Waals surface area contributed by atoms with Crippen LogP contribution in [-0.4, -0.2) is 11.1 Å². The number of hydrogen-bond donors (Lipinski definition) is 1. The van der Waals surface area contributed by atoms with Crippen LogP contribution in [0.1, 0.15) is 16.7 Å². The van der Waals surface area contributed by atoms with Gasteiger partial charge in [0.2, 0.25) is 0 Å². The molecular weight excluding hydrogens is 190 g/mol. The van der Waals surface area contributed by atoms with Crippen molar-refractivity contribution in [3.05, 3.63) is 40.5 Å². The first-order chi connectivity index (χ1) is 7.02. The van der Waals surface area contributed by atoms with Crippen molar-refractivity contribution in [3.8, 4) is 6.07 Å². The zero-order valence-corrected chi connectivity index (χ0v) is 8.61. The van der Waals surface area contributed by atoms with Gasteiger partial charge in [0.25, 0.3) is 0 Å². The van der Waals surface area contributed by atoms with Crippen molar-refractivity contribution < 1.29 is 9.90 Å². The molecule has 1 rings (SSSR count). The number of hydrogen-bond acceptors (Lipinski definition) is 2. The van der Waals surface area contributed by atoms with Crippen molar-refractivity contribution in [1.82, 2.24) is 0 Å². The normalized spacial score (nSPS) is 10.9. The molecule has 3 heteroatoms. The van der Waals surface area contributed by atoms with E-state index in [2.05, 4.69) is 0 Å². The van der Waals surface area contributed by atoms with Gasteiger partial charge in [-0.3, -0.25) is 0 Å². The van der Waals surface area contributed by atoms with Crippen molar-refractivity contribution in [1.29, 1.82) is 5.26 Å². The molecule has 0 aromatic heterocycles. The Labute approximate surface area is 88.3 Å². The number of nitriles is 1. The highest BCUT2D eigenvalue weighted by Crippen LogP contribution is 2.12. The topological polar surface area (TPSA) is 61.1 Å². The zero-order valence-electron chi connectivity index (χ0n) is 8.61. The fourth-order valence-electron chi connectivity index (χ4n) is 1.40. The Morgan fingerprint density at radius 3 is 2.27 bits per heavy atom. The summed E-state index contributed by atoms with van der Waals surface area (Å²) in [5.74, 6) is -1.20. The summed E-state index contributed by atoms with van der Waals surface area (Å²) in [6.07, 6.45) is 1.38. The highest BCUT2D eigenvalue weighted by molar-refractivity contribution is 5.96. The van der Waals surface area contributed by atoms with E-state index in [1.165, 1.54) is 6.08 Å². The highest BCUT2D eigenvalue weighted by atomic mass is 16.4. The van der Waals surface area contributed by atoms with Gasteiger partial charge in [0.05, 0.1) is 0 Å². The van der Waals surface area contributed by atoms with E-state index in [4.69, 9.17) is 10.4 Å². The molecule has 76 valence electrons. The summed E-state index contributed by atoms with van der Waals surface area (Å²) in [5, 5.41) is 17.3. The van der Waals surface area contributed by atoms with Crippen LogP contribution < -0.4 is 0 Å². The maximum absolute atomic E-state index is 10.6. The summed E-state index contributed by atoms with van der Waals surface area (Å²) in [5.41, 5.74) is 2.58. The maximum Gasteiger partial charge on any atom is 0.346 e. The first kappa shape index (κ1) is 11.0. The molecule has 0 unspecified atom stereocenters. The van der Waals surface area contributed by atoms with Gasteiger partial charge in [-0.05, 0) is 25.5 Å². The molecule has 1 aromatic rings. The molecule has 15 heavy (non-hydrogen) atoms. The average Bonchev–Trinajstić information content (AvgIpc) is 2.12. The van der Waals surface area contributed by atoms with Crippen LogP contribution in [0.3, 0.4) is 0 Å². The molecule has 0 bridgehead atoms. The zero-order chi connectivity index (χ0) is 11.4. The summed E-state index contributed by atoms with van der Waals surface area (Å²) >= 11 is 0. The van der Waals surface area contributed by atoms with E-state index in [9.17, 15) is 4.79 Å². The summed E-state index contributed by atoms with van der Waals surface area (Å²) in [4.78, 5) is 10.6. The SMILES string of the molecule is Cc1cc(C)cc(C=C(C#N)C(=O)O)c1. The van der Waals surface area contributed by atoms with E-state index < -0.39 is 5.97 Å². The van der Waals surface area contributed by atoms with Crippen LogP contribution in [0.4, 0.5) is 0 Å². The molecule has 0 radical (unpaired) electrons. The van der Waals surface area contributed by atoms with Crippen LogP contribution >= 0.6 is 0 Å². The van der Waals surface area contributed by atoms with Crippen LogP contribution in [0.15, 0.2) is 23.8 Å². The molecule has 0 saturated carbocycles. The van der Waals surface area contributed by atoms with Gasteiger partial charge >= 0.3 is 5.97 Å². The molecule has 0 aliphatic rings. The molecule has 0 aliphatic heterocycles. The Morgan fingerprint density at radius 1 is 1.33 bits per heavy atom. The van der Waals surface area contributed by atoms with Gasteiger partial charge in [-0.1, -0.05) is 29.3 Å². The Hall–Kier alpha value is -2.08. The standard InChI is InChI=1S/C12H11NO2/c1-8-3-9(2)5-10(4-8)6-11(7-13)12(14)15/h3-6H,1-2H3,(H,14,15). The molecule has 0 amide bonds. The van der Waals surface area contributed by atoms with E-state index in [1.54, 1.807) is 6.07 Å². The minimum Gasteiger partial charge on any atom is -0.477 e. The predicted octanol–water partition coefficient (Wildman–Crippen LogP) is 2.30. The molecule has 0 spiro atoms. The van der Waals surface area contributed by atoms with Gasteiger partial charge in [-0.25, -0.2) is 4.79 Å². The van der Waals surface area contributed by atoms with E-state index in [-0.39, 0.29) is 5.57 Å². The Bertz CT molecular complexity index is 447. The number of nitrogens with zero attached hydrogens (tertiary/aromatic N) is 1. The van der Waals surface area contributed by atoms with E-state index in [0.717, 1.165) is 16.7 Å². The highest BCUT2D eigenvalue weighted by Gasteiger charge is 2.05. The van der Waals surface area contributed by atoms with Gasteiger partial charge in [-0.2, -0.15) is 5.26 Å². The quantitative estimate of drug-likeness (QED) is 0.590. The molecule has 1 N–H and O–H groups in total. The van der Waals surface area contributed by atoms with Gasteiger partial charge < -0.3 is 5.11 Å². The number of aryl methyl sites for hydroxylation is 2. The predicted molar refractivity (Wildman–Crippen MR) is 57.1 cm³/mol. The molecule has 0 fully saturated rings. The van der Waals surface area contributed by atoms with Gasteiger partial charge in [-0.15, -0.1) is 0 Å². The van der Waals surface area contributed by atoms with E-state index in [0.29, 0.717) is 0 Å². The first-order valence-corrected chi connectivity index (χ1v) is 4.46. The van der Waals surface area contributed by atoms with Gasteiger partial charge in [0.15, 0.2) is 0 Å². The third-order valence-corrected chi connectivity index (χ3v) is 1.91. The van der Waals surface area contributed by atoms with Crippen LogP contribution in [0.25, 0.3) is 6.08 Å². The molecule has 0 heterocycles. The van der Waals surface area contributed by atoms with Crippen molar-refractivity contribution in [2.24, 2.45) is 0 Å². The fourth-order valence-corrected chi connectivity index (χ4v) is 1.40. The first-order valence-electron chi connectivity index (χ1n) is 4.46. The van der Waals surface area contributed by atoms with Crippen molar-refractivity contribution in [2.75, 3.05) is 0 Å². The Kier molecular flexibility index (Phi) is 3.25. The summed E-state index contributed by atoms with van der Waals surface area (Å²) in [6.45, 7) is 3.86. The average molecular weight is 201 g/mol. The summed E-state index contributed by atoms with van der Waals surface area (Å²) < 4.78 is 0. The number of aliphatic carboxylic acids is 1. The minimum absolute atomic E-state index is 0.250. The van der Waals surface area contributed by atoms with E-state index in [1.807, 2.05) is 32.0 Å². The second-order valence-corrected chi connectivity index (χ2v) is 3.40. The molecule has 3 nitrogen and oxygen atoms in total. The largest absolute Gasteiger partial charge is 0.477 e. The second-order valence-electron chi connectivity index (χ2n) is 3.40. The lowest BCUT2D eigenvalue weighted by atomic mass is 10.1. The number of benzene rings is 1. The molecule has 0 aliphatic carbocycles. The molecule has 0 atom stereocenters. The van der Waals surface area contributed by atoms with Gasteiger partial charge in [0.1, 0.15) is 11.6 Å². The van der Waals surface area contributed by atoms with Crippen LogP contribution in [0, 0.1) is 25.2 Å². The van der Waals surface area contributed by atoms with Crippen LogP contribution in [0.5, 0.6) is 0 Å². The minimum atomic E-state index is -1.20. The lowest BCUT2D eigenvalue weighted by Crippen LogP contribution is -1.97. The van der Waals surface area contributed by atoms with Crippen LogP contribution in [-0.2, 0) is 4.79 Å². The van der Waals surface area contributed by atoms with Gasteiger partial charge in [0, 0.05) is 0 Å². The van der Waals surface area contributed by atoms with Crippen molar-refractivity contribution in [2.45, 2.75) is 13.8 Å². The smallest absolute Gasteiger partial charge is 0.346 e. The molecular formula is C12H11NO2. The number of carboxylic acids is 1. The molecule has 1 aromatic carbocycles. The van der Waals surface area contributed by atoms with Crippen LogP contribution in [0.2, 0.25) is 0 Å². The summed E-state index contributed by atoms with van der Waals surface area (Å²) in [6, 6.07) is 7.32. The number of carbonyl (C=O) groups is 1. The monoisotopic (exact) mass is 201 g/mol. The second kappa shape index (κ2) is 4.43. The van der Waals surface area contributed by atoms with E-state index >= 15 is 0 Å². The number of carboxylic acid groups (broad SMARTS) is 1.